The van der Waals surface area contributed by atoms with E-state index in [4.69, 9.17) is 0 Å². The number of nitrogens with zero attached hydrogens (tertiary/aromatic N) is 2. The number of carbonyl (C=O) groups excluding carboxylic acids is 1. The van der Waals surface area contributed by atoms with E-state index in [1.807, 2.05) is 23.1 Å². The summed E-state index contributed by atoms with van der Waals surface area (Å²) in [4.78, 5) is 16.8. The van der Waals surface area contributed by atoms with E-state index in [9.17, 15) is 4.79 Å². The van der Waals surface area contributed by atoms with E-state index in [-0.39, 0.29) is 11.9 Å². The van der Waals surface area contributed by atoms with E-state index in [1.54, 1.807) is 0 Å². The van der Waals surface area contributed by atoms with Crippen LogP contribution >= 0.6 is 0 Å². The quantitative estimate of drug-likeness (QED) is 0.735. The molecule has 0 spiro atoms. The third-order valence-electron chi connectivity index (χ3n) is 4.09. The molecular weight excluding hydrogens is 212 g/mol. The molecule has 0 saturated carbocycles. The van der Waals surface area contributed by atoms with Crippen LogP contribution in [0.15, 0.2) is 24.3 Å². The number of benzene rings is 1. The molecule has 3 rings (SSSR count). The topological polar surface area (TPSA) is 23.6 Å². The average Bonchev–Trinajstić information content (AvgIpc) is 2.63. The Morgan fingerprint density at radius 3 is 2.82 bits per heavy atom. The van der Waals surface area contributed by atoms with E-state index >= 15 is 0 Å². The molecule has 3 nitrogen and oxygen atoms in total. The number of likely N-dealkylation sites (N-methyl/N-ethyl adjacent to an activating group) is 1. The SMILES string of the molecule is CCN1CC2c3ccccc3C(=O)N2CC1C. The van der Waals surface area contributed by atoms with Crippen LogP contribution in [0, 0.1) is 0 Å². The molecule has 1 aromatic rings. The summed E-state index contributed by atoms with van der Waals surface area (Å²) in [5.41, 5.74) is 2.12. The minimum Gasteiger partial charge on any atom is -0.329 e. The van der Waals surface area contributed by atoms with Crippen molar-refractivity contribution in [2.75, 3.05) is 19.6 Å². The van der Waals surface area contributed by atoms with Crippen LogP contribution in [0.5, 0.6) is 0 Å². The van der Waals surface area contributed by atoms with Gasteiger partial charge in [-0.1, -0.05) is 25.1 Å². The van der Waals surface area contributed by atoms with Crippen LogP contribution in [0.4, 0.5) is 0 Å². The lowest BCUT2D eigenvalue weighted by atomic mass is 10.0. The molecule has 2 unspecified atom stereocenters. The Bertz CT molecular complexity index is 457. The van der Waals surface area contributed by atoms with Crippen LogP contribution in [-0.4, -0.2) is 41.4 Å². The van der Waals surface area contributed by atoms with Gasteiger partial charge in [-0.25, -0.2) is 0 Å². The molecule has 2 aliphatic rings. The summed E-state index contributed by atoms with van der Waals surface area (Å²) < 4.78 is 0. The zero-order valence-electron chi connectivity index (χ0n) is 10.4. The standard InChI is InChI=1S/C14H18N2O/c1-3-15-9-13-11-6-4-5-7-12(11)14(17)16(13)8-10(15)2/h4-7,10,13H,3,8-9H2,1-2H3. The van der Waals surface area contributed by atoms with Crippen molar-refractivity contribution in [1.29, 1.82) is 0 Å². The second kappa shape index (κ2) is 3.84. The number of piperazine rings is 1. The summed E-state index contributed by atoms with van der Waals surface area (Å²) in [5, 5.41) is 0. The summed E-state index contributed by atoms with van der Waals surface area (Å²) >= 11 is 0. The van der Waals surface area contributed by atoms with Crippen LogP contribution in [0.3, 0.4) is 0 Å². The molecule has 1 fully saturated rings. The van der Waals surface area contributed by atoms with Crippen LogP contribution in [0.2, 0.25) is 0 Å². The monoisotopic (exact) mass is 230 g/mol. The van der Waals surface area contributed by atoms with Gasteiger partial charge in [0.05, 0.1) is 6.04 Å². The van der Waals surface area contributed by atoms with Crippen molar-refractivity contribution in [3.05, 3.63) is 35.4 Å². The van der Waals surface area contributed by atoms with Crippen LogP contribution < -0.4 is 0 Å². The van der Waals surface area contributed by atoms with Crippen molar-refractivity contribution in [1.82, 2.24) is 9.80 Å². The highest BCUT2D eigenvalue weighted by Gasteiger charge is 2.41. The lowest BCUT2D eigenvalue weighted by molar-refractivity contribution is 0.0364. The minimum atomic E-state index is 0.216. The van der Waals surface area contributed by atoms with E-state index in [0.717, 1.165) is 25.2 Å². The summed E-state index contributed by atoms with van der Waals surface area (Å²) in [5.74, 6) is 0.216. The molecule has 0 bridgehead atoms. The predicted octanol–water partition coefficient (Wildman–Crippen LogP) is 1.91. The van der Waals surface area contributed by atoms with E-state index in [0.29, 0.717) is 6.04 Å². The first-order chi connectivity index (χ1) is 8.22. The lowest BCUT2D eigenvalue weighted by Crippen LogP contribution is -2.52. The fourth-order valence-electron chi connectivity index (χ4n) is 3.10. The zero-order chi connectivity index (χ0) is 12.0. The van der Waals surface area contributed by atoms with Crippen molar-refractivity contribution in [3.63, 3.8) is 0 Å². The molecule has 0 aliphatic carbocycles. The Hall–Kier alpha value is -1.35. The Morgan fingerprint density at radius 1 is 1.29 bits per heavy atom. The van der Waals surface area contributed by atoms with Gasteiger partial charge in [-0.15, -0.1) is 0 Å². The number of hydrogen-bond donors (Lipinski definition) is 0. The highest BCUT2D eigenvalue weighted by molar-refractivity contribution is 5.99. The maximum atomic E-state index is 12.3. The van der Waals surface area contributed by atoms with Gasteiger partial charge >= 0.3 is 0 Å². The second-order valence-electron chi connectivity index (χ2n) is 5.00. The second-order valence-corrected chi connectivity index (χ2v) is 5.00. The summed E-state index contributed by atoms with van der Waals surface area (Å²) in [6.45, 7) is 7.28. The van der Waals surface area contributed by atoms with E-state index in [2.05, 4.69) is 24.8 Å². The number of amides is 1. The van der Waals surface area contributed by atoms with Crippen LogP contribution in [0.1, 0.15) is 35.8 Å². The molecule has 2 aliphatic heterocycles. The molecule has 90 valence electrons. The first kappa shape index (κ1) is 10.8. The number of hydrogen-bond acceptors (Lipinski definition) is 2. The van der Waals surface area contributed by atoms with Gasteiger partial charge in [-0.2, -0.15) is 0 Å². The van der Waals surface area contributed by atoms with Crippen LogP contribution in [0.25, 0.3) is 0 Å². The molecule has 2 heterocycles. The van der Waals surface area contributed by atoms with Gasteiger partial charge in [0, 0.05) is 24.7 Å². The molecule has 0 N–H and O–H groups in total. The lowest BCUT2D eigenvalue weighted by Gasteiger charge is -2.42. The molecular formula is C14H18N2O. The van der Waals surface area contributed by atoms with Crippen molar-refractivity contribution in [2.24, 2.45) is 0 Å². The fraction of sp³-hybridized carbons (Fsp3) is 0.500. The molecule has 2 atom stereocenters. The minimum absolute atomic E-state index is 0.216. The largest absolute Gasteiger partial charge is 0.329 e. The fourth-order valence-corrected chi connectivity index (χ4v) is 3.10. The average molecular weight is 230 g/mol. The van der Waals surface area contributed by atoms with E-state index < -0.39 is 0 Å². The molecule has 0 radical (unpaired) electrons. The summed E-state index contributed by atoms with van der Waals surface area (Å²) in [7, 11) is 0. The van der Waals surface area contributed by atoms with Crippen LogP contribution in [-0.2, 0) is 0 Å². The molecule has 3 heteroatoms. The smallest absolute Gasteiger partial charge is 0.254 e. The Morgan fingerprint density at radius 2 is 2.06 bits per heavy atom. The van der Waals surface area contributed by atoms with Gasteiger partial charge in [-0.3, -0.25) is 9.69 Å². The zero-order valence-corrected chi connectivity index (χ0v) is 10.4. The van der Waals surface area contributed by atoms with Gasteiger partial charge < -0.3 is 4.90 Å². The van der Waals surface area contributed by atoms with Gasteiger partial charge in [0.25, 0.3) is 5.91 Å². The Kier molecular flexibility index (Phi) is 2.44. The molecule has 17 heavy (non-hydrogen) atoms. The van der Waals surface area contributed by atoms with Gasteiger partial charge in [0.1, 0.15) is 0 Å². The molecule has 1 amide bonds. The van der Waals surface area contributed by atoms with E-state index in [1.165, 1.54) is 5.56 Å². The number of fused-ring (bicyclic) bond motifs is 3. The van der Waals surface area contributed by atoms with Gasteiger partial charge in [0.15, 0.2) is 0 Å². The maximum absolute atomic E-state index is 12.3. The van der Waals surface area contributed by atoms with Gasteiger partial charge in [-0.05, 0) is 25.1 Å². The molecule has 0 aromatic heterocycles. The number of rotatable bonds is 1. The predicted molar refractivity (Wildman–Crippen MR) is 66.9 cm³/mol. The highest BCUT2D eigenvalue weighted by Crippen LogP contribution is 2.37. The third-order valence-corrected chi connectivity index (χ3v) is 4.09. The summed E-state index contributed by atoms with van der Waals surface area (Å²) in [6.07, 6.45) is 0. The highest BCUT2D eigenvalue weighted by atomic mass is 16.2. The first-order valence-corrected chi connectivity index (χ1v) is 6.36. The van der Waals surface area contributed by atoms with Crippen molar-refractivity contribution in [2.45, 2.75) is 25.9 Å². The van der Waals surface area contributed by atoms with Crippen molar-refractivity contribution < 1.29 is 4.79 Å². The Labute approximate surface area is 102 Å². The van der Waals surface area contributed by atoms with Gasteiger partial charge in [0.2, 0.25) is 0 Å². The normalized spacial score (nSPS) is 28.1. The first-order valence-electron chi connectivity index (χ1n) is 6.36. The van der Waals surface area contributed by atoms with Crippen molar-refractivity contribution in [3.8, 4) is 0 Å². The Balaban J connectivity index is 1.99. The third kappa shape index (κ3) is 1.49. The number of carbonyl (C=O) groups is 1. The summed E-state index contributed by atoms with van der Waals surface area (Å²) in [6, 6.07) is 8.78. The molecule has 1 aromatic carbocycles. The maximum Gasteiger partial charge on any atom is 0.254 e. The van der Waals surface area contributed by atoms with Crippen molar-refractivity contribution >= 4 is 5.91 Å². The molecule has 1 saturated heterocycles.